The Morgan fingerprint density at radius 1 is 1.07 bits per heavy atom. The van der Waals surface area contributed by atoms with E-state index in [1.807, 2.05) is 0 Å². The molecule has 0 aliphatic carbocycles. The summed E-state index contributed by atoms with van der Waals surface area (Å²) in [4.78, 5) is 5.20. The van der Waals surface area contributed by atoms with Gasteiger partial charge in [-0.3, -0.25) is 0 Å². The molecule has 2 rings (SSSR count). The van der Waals surface area contributed by atoms with Crippen LogP contribution in [0.5, 0.6) is 0 Å². The maximum absolute atomic E-state index is 2.70. The molecule has 1 atom stereocenters. The average Bonchev–Trinajstić information content (AvgIpc) is 2.22. The molecule has 0 amide bonds. The van der Waals surface area contributed by atoms with Crippen molar-refractivity contribution in [3.63, 3.8) is 0 Å². The Labute approximate surface area is 94.6 Å². The number of rotatable bonds is 2. The summed E-state index contributed by atoms with van der Waals surface area (Å²) in [6.45, 7) is 9.09. The minimum atomic E-state index is 0.942. The van der Waals surface area contributed by atoms with Crippen molar-refractivity contribution >= 4 is 0 Å². The molecular weight excluding hydrogens is 184 g/mol. The van der Waals surface area contributed by atoms with E-state index in [9.17, 15) is 0 Å². The quantitative estimate of drug-likeness (QED) is 0.688. The Bertz CT molecular complexity index is 185. The van der Waals surface area contributed by atoms with Gasteiger partial charge in [-0.2, -0.15) is 0 Å². The van der Waals surface area contributed by atoms with Crippen molar-refractivity contribution in [3.8, 4) is 0 Å². The third-order valence-corrected chi connectivity index (χ3v) is 4.11. The molecule has 2 aliphatic rings. The van der Waals surface area contributed by atoms with Gasteiger partial charge < -0.3 is 9.80 Å². The highest BCUT2D eigenvalue weighted by Crippen LogP contribution is 2.20. The fourth-order valence-electron chi connectivity index (χ4n) is 3.03. The molecule has 15 heavy (non-hydrogen) atoms. The predicted molar refractivity (Wildman–Crippen MR) is 65.1 cm³/mol. The van der Waals surface area contributed by atoms with Crippen LogP contribution >= 0.6 is 0 Å². The fraction of sp³-hybridized carbons (Fsp3) is 1.00. The van der Waals surface area contributed by atoms with E-state index in [2.05, 4.69) is 23.8 Å². The molecule has 2 saturated heterocycles. The monoisotopic (exact) mass is 210 g/mol. The molecule has 2 fully saturated rings. The lowest BCUT2D eigenvalue weighted by Crippen LogP contribution is -2.42. The maximum atomic E-state index is 2.70. The first-order valence-corrected chi connectivity index (χ1v) is 6.65. The molecule has 2 aliphatic heterocycles. The maximum Gasteiger partial charge on any atom is 0.00219 e. The summed E-state index contributed by atoms with van der Waals surface area (Å²) in [5, 5.41) is 0. The van der Waals surface area contributed by atoms with E-state index in [0.29, 0.717) is 0 Å². The van der Waals surface area contributed by atoms with Gasteiger partial charge in [-0.25, -0.2) is 0 Å². The van der Waals surface area contributed by atoms with Gasteiger partial charge in [-0.05, 0) is 64.2 Å². The Hall–Kier alpha value is -0.0800. The number of likely N-dealkylation sites (tertiary alicyclic amines) is 2. The van der Waals surface area contributed by atoms with E-state index in [4.69, 9.17) is 0 Å². The summed E-state index contributed by atoms with van der Waals surface area (Å²) in [7, 11) is 2.27. The topological polar surface area (TPSA) is 6.48 Å². The molecule has 0 saturated carbocycles. The van der Waals surface area contributed by atoms with Crippen LogP contribution < -0.4 is 0 Å². The Morgan fingerprint density at radius 2 is 1.80 bits per heavy atom. The van der Waals surface area contributed by atoms with E-state index in [-0.39, 0.29) is 0 Å². The van der Waals surface area contributed by atoms with Crippen molar-refractivity contribution < 1.29 is 0 Å². The zero-order valence-electron chi connectivity index (χ0n) is 10.4. The first-order chi connectivity index (χ1) is 7.24. The SMILES string of the molecule is CC1CCN(CC2CCCN(C)C2)CC1. The van der Waals surface area contributed by atoms with Crippen molar-refractivity contribution in [2.45, 2.75) is 32.6 Å². The van der Waals surface area contributed by atoms with Crippen molar-refractivity contribution in [2.24, 2.45) is 11.8 Å². The largest absolute Gasteiger partial charge is 0.306 e. The van der Waals surface area contributed by atoms with Gasteiger partial charge in [-0.1, -0.05) is 6.92 Å². The van der Waals surface area contributed by atoms with Gasteiger partial charge in [0.2, 0.25) is 0 Å². The molecule has 1 unspecified atom stereocenters. The summed E-state index contributed by atoms with van der Waals surface area (Å²) in [6.07, 6.45) is 5.70. The average molecular weight is 210 g/mol. The van der Waals surface area contributed by atoms with E-state index in [1.165, 1.54) is 58.4 Å². The minimum Gasteiger partial charge on any atom is -0.306 e. The molecule has 2 heteroatoms. The highest BCUT2D eigenvalue weighted by Gasteiger charge is 2.22. The third kappa shape index (κ3) is 3.46. The summed E-state index contributed by atoms with van der Waals surface area (Å²) in [6, 6.07) is 0. The van der Waals surface area contributed by atoms with Crippen LogP contribution in [0.25, 0.3) is 0 Å². The number of nitrogens with zero attached hydrogens (tertiary/aromatic N) is 2. The fourth-order valence-corrected chi connectivity index (χ4v) is 3.03. The van der Waals surface area contributed by atoms with E-state index < -0.39 is 0 Å². The summed E-state index contributed by atoms with van der Waals surface area (Å²) in [5.41, 5.74) is 0. The lowest BCUT2D eigenvalue weighted by Gasteiger charge is -2.36. The van der Waals surface area contributed by atoms with Crippen LogP contribution in [0.2, 0.25) is 0 Å². The van der Waals surface area contributed by atoms with Crippen LogP contribution in [0, 0.1) is 11.8 Å². The molecule has 0 aromatic carbocycles. The Balaban J connectivity index is 1.71. The minimum absolute atomic E-state index is 0.942. The molecule has 0 aromatic rings. The van der Waals surface area contributed by atoms with E-state index in [0.717, 1.165) is 11.8 Å². The molecule has 0 N–H and O–H groups in total. The third-order valence-electron chi connectivity index (χ3n) is 4.11. The molecular formula is C13H26N2. The van der Waals surface area contributed by atoms with Gasteiger partial charge in [0.15, 0.2) is 0 Å². The van der Waals surface area contributed by atoms with Gasteiger partial charge in [0.1, 0.15) is 0 Å². The zero-order valence-corrected chi connectivity index (χ0v) is 10.4. The Morgan fingerprint density at radius 3 is 2.47 bits per heavy atom. The number of hydrogen-bond acceptors (Lipinski definition) is 2. The molecule has 0 aromatic heterocycles. The molecule has 88 valence electrons. The lowest BCUT2D eigenvalue weighted by atomic mass is 9.94. The second-order valence-electron chi connectivity index (χ2n) is 5.75. The van der Waals surface area contributed by atoms with Crippen LogP contribution in [0.3, 0.4) is 0 Å². The first kappa shape index (κ1) is 11.4. The van der Waals surface area contributed by atoms with Crippen LogP contribution in [0.1, 0.15) is 32.6 Å². The predicted octanol–water partition coefficient (Wildman–Crippen LogP) is 2.06. The van der Waals surface area contributed by atoms with Crippen LogP contribution in [0.15, 0.2) is 0 Å². The van der Waals surface area contributed by atoms with Gasteiger partial charge >= 0.3 is 0 Å². The van der Waals surface area contributed by atoms with Crippen LogP contribution in [0.4, 0.5) is 0 Å². The Kier molecular flexibility index (Phi) is 4.04. The first-order valence-electron chi connectivity index (χ1n) is 6.65. The van der Waals surface area contributed by atoms with E-state index >= 15 is 0 Å². The van der Waals surface area contributed by atoms with Crippen molar-refractivity contribution in [3.05, 3.63) is 0 Å². The van der Waals surface area contributed by atoms with Gasteiger partial charge in [0.05, 0.1) is 0 Å². The van der Waals surface area contributed by atoms with Crippen LogP contribution in [-0.4, -0.2) is 49.6 Å². The summed E-state index contributed by atoms with van der Waals surface area (Å²) < 4.78 is 0. The smallest absolute Gasteiger partial charge is 0.00219 e. The molecule has 0 spiro atoms. The van der Waals surface area contributed by atoms with Gasteiger partial charge in [-0.15, -0.1) is 0 Å². The van der Waals surface area contributed by atoms with Crippen molar-refractivity contribution in [1.82, 2.24) is 9.80 Å². The molecule has 2 heterocycles. The molecule has 2 nitrogen and oxygen atoms in total. The second kappa shape index (κ2) is 5.31. The van der Waals surface area contributed by atoms with E-state index in [1.54, 1.807) is 0 Å². The zero-order chi connectivity index (χ0) is 10.7. The number of piperidine rings is 2. The van der Waals surface area contributed by atoms with Crippen molar-refractivity contribution in [2.75, 3.05) is 39.8 Å². The normalized spacial score (nSPS) is 32.0. The van der Waals surface area contributed by atoms with Crippen molar-refractivity contribution in [1.29, 1.82) is 0 Å². The number of hydrogen-bond donors (Lipinski definition) is 0. The van der Waals surface area contributed by atoms with Crippen LogP contribution in [-0.2, 0) is 0 Å². The summed E-state index contributed by atoms with van der Waals surface area (Å²) in [5.74, 6) is 1.91. The second-order valence-corrected chi connectivity index (χ2v) is 5.75. The highest BCUT2D eigenvalue weighted by atomic mass is 15.2. The molecule has 0 radical (unpaired) electrons. The lowest BCUT2D eigenvalue weighted by molar-refractivity contribution is 0.124. The standard InChI is InChI=1S/C13H26N2/c1-12-5-8-15(9-6-12)11-13-4-3-7-14(2)10-13/h12-13H,3-11H2,1-2H3. The molecule has 0 bridgehead atoms. The van der Waals surface area contributed by atoms with Gasteiger partial charge in [0.25, 0.3) is 0 Å². The summed E-state index contributed by atoms with van der Waals surface area (Å²) >= 11 is 0. The highest BCUT2D eigenvalue weighted by molar-refractivity contribution is 4.76. The van der Waals surface area contributed by atoms with Gasteiger partial charge in [0, 0.05) is 13.1 Å².